The second kappa shape index (κ2) is 4.99. The fourth-order valence-corrected chi connectivity index (χ4v) is 3.69. The number of likely N-dealkylation sites (tertiary alicyclic amines) is 1. The molecule has 4 nitrogen and oxygen atoms in total. The van der Waals surface area contributed by atoms with Crippen molar-refractivity contribution < 1.29 is 14.6 Å². The van der Waals surface area contributed by atoms with Crippen LogP contribution < -0.4 is 0 Å². The van der Waals surface area contributed by atoms with Gasteiger partial charge in [0.1, 0.15) is 0 Å². The molecule has 3 rings (SSSR count). The highest BCUT2D eigenvalue weighted by Crippen LogP contribution is 2.39. The van der Waals surface area contributed by atoms with Gasteiger partial charge in [-0.05, 0) is 31.6 Å². The first-order valence-electron chi connectivity index (χ1n) is 7.71. The second-order valence-corrected chi connectivity index (χ2v) is 6.95. The Morgan fingerprint density at radius 2 is 1.84 bits per heavy atom. The van der Waals surface area contributed by atoms with Crippen molar-refractivity contribution in [1.82, 2.24) is 4.90 Å². The number of ether oxygens (including phenoxy) is 2. The van der Waals surface area contributed by atoms with Crippen molar-refractivity contribution >= 4 is 0 Å². The number of aliphatic hydroxyl groups is 1. The molecule has 4 heteroatoms. The van der Waals surface area contributed by atoms with Gasteiger partial charge in [-0.1, -0.05) is 13.8 Å². The summed E-state index contributed by atoms with van der Waals surface area (Å²) < 4.78 is 11.5. The van der Waals surface area contributed by atoms with Gasteiger partial charge in [0.2, 0.25) is 0 Å². The highest BCUT2D eigenvalue weighted by atomic mass is 16.5. The Morgan fingerprint density at radius 3 is 2.47 bits per heavy atom. The average Bonchev–Trinajstić information content (AvgIpc) is 2.35. The Bertz CT molecular complexity index is 314. The second-order valence-electron chi connectivity index (χ2n) is 6.95. The van der Waals surface area contributed by atoms with Crippen LogP contribution in [0, 0.1) is 5.92 Å². The van der Waals surface area contributed by atoms with Gasteiger partial charge in [0, 0.05) is 39.0 Å². The van der Waals surface area contributed by atoms with Gasteiger partial charge in [-0.25, -0.2) is 0 Å². The number of hydrogen-bond donors (Lipinski definition) is 1. The van der Waals surface area contributed by atoms with E-state index in [0.717, 1.165) is 58.6 Å². The highest BCUT2D eigenvalue weighted by molar-refractivity contribution is 5.03. The molecule has 1 unspecified atom stereocenters. The first-order chi connectivity index (χ1) is 9.03. The average molecular weight is 269 g/mol. The maximum atomic E-state index is 10.4. The van der Waals surface area contributed by atoms with Crippen LogP contribution in [0.5, 0.6) is 0 Å². The monoisotopic (exact) mass is 269 g/mol. The molecule has 1 N–H and O–H groups in total. The summed E-state index contributed by atoms with van der Waals surface area (Å²) in [5.74, 6) is 0.348. The van der Waals surface area contributed by atoms with Crippen LogP contribution in [-0.2, 0) is 9.47 Å². The number of hydrogen-bond acceptors (Lipinski definition) is 4. The van der Waals surface area contributed by atoms with Crippen molar-refractivity contribution in [3.8, 4) is 0 Å². The number of β-amino-alcohol motifs (C(OH)–C–C–N with tert-alkyl or cyclic N) is 1. The van der Waals surface area contributed by atoms with Gasteiger partial charge in [-0.2, -0.15) is 0 Å². The molecular formula is C15H27NO3. The predicted molar refractivity (Wildman–Crippen MR) is 73.1 cm³/mol. The molecule has 0 aliphatic carbocycles. The van der Waals surface area contributed by atoms with E-state index in [2.05, 4.69) is 18.7 Å². The third-order valence-corrected chi connectivity index (χ3v) is 5.42. The van der Waals surface area contributed by atoms with Crippen LogP contribution in [0.25, 0.3) is 0 Å². The van der Waals surface area contributed by atoms with Gasteiger partial charge in [0.25, 0.3) is 0 Å². The maximum absolute atomic E-state index is 10.4. The first kappa shape index (κ1) is 13.8. The van der Waals surface area contributed by atoms with Gasteiger partial charge in [-0.15, -0.1) is 0 Å². The van der Waals surface area contributed by atoms with E-state index < -0.39 is 5.60 Å². The van der Waals surface area contributed by atoms with Crippen LogP contribution in [0.2, 0.25) is 0 Å². The molecule has 0 aromatic rings. The summed E-state index contributed by atoms with van der Waals surface area (Å²) in [5.41, 5.74) is -0.395. The van der Waals surface area contributed by atoms with Crippen LogP contribution in [0.1, 0.15) is 39.5 Å². The topological polar surface area (TPSA) is 41.9 Å². The van der Waals surface area contributed by atoms with Crippen LogP contribution in [0.15, 0.2) is 0 Å². The summed E-state index contributed by atoms with van der Waals surface area (Å²) in [7, 11) is 0. The lowest BCUT2D eigenvalue weighted by atomic mass is 9.78. The molecule has 0 aromatic carbocycles. The Hall–Kier alpha value is -0.160. The van der Waals surface area contributed by atoms with E-state index in [1.165, 1.54) is 0 Å². The number of rotatable bonds is 2. The Labute approximate surface area is 116 Å². The summed E-state index contributed by atoms with van der Waals surface area (Å²) in [4.78, 5) is 2.46. The fraction of sp³-hybridized carbons (Fsp3) is 1.00. The van der Waals surface area contributed by atoms with E-state index >= 15 is 0 Å². The molecule has 3 saturated heterocycles. The summed E-state index contributed by atoms with van der Waals surface area (Å²) in [6, 6.07) is 0.589. The molecule has 3 fully saturated rings. The zero-order valence-electron chi connectivity index (χ0n) is 12.2. The van der Waals surface area contributed by atoms with Gasteiger partial charge in [0.05, 0.1) is 11.2 Å². The summed E-state index contributed by atoms with van der Waals surface area (Å²) in [6.45, 7) is 8.43. The molecule has 1 atom stereocenters. The molecule has 0 saturated carbocycles. The van der Waals surface area contributed by atoms with E-state index in [4.69, 9.17) is 9.47 Å². The van der Waals surface area contributed by atoms with E-state index in [-0.39, 0.29) is 5.60 Å². The van der Waals surface area contributed by atoms with Crippen LogP contribution in [0.3, 0.4) is 0 Å². The smallest absolute Gasteiger partial charge is 0.0923 e. The van der Waals surface area contributed by atoms with E-state index in [1.54, 1.807) is 0 Å². The quantitative estimate of drug-likeness (QED) is 0.823. The van der Waals surface area contributed by atoms with E-state index in [1.807, 2.05) is 0 Å². The number of nitrogens with zero attached hydrogens (tertiary/aromatic N) is 1. The van der Waals surface area contributed by atoms with Gasteiger partial charge >= 0.3 is 0 Å². The van der Waals surface area contributed by atoms with Crippen LogP contribution >= 0.6 is 0 Å². The largest absolute Gasteiger partial charge is 0.387 e. The maximum Gasteiger partial charge on any atom is 0.0923 e. The van der Waals surface area contributed by atoms with Crippen molar-refractivity contribution in [1.29, 1.82) is 0 Å². The van der Waals surface area contributed by atoms with Crippen molar-refractivity contribution in [2.75, 3.05) is 32.9 Å². The van der Waals surface area contributed by atoms with E-state index in [0.29, 0.717) is 12.0 Å². The Kier molecular flexibility index (Phi) is 3.63. The first-order valence-corrected chi connectivity index (χ1v) is 7.71. The molecule has 3 heterocycles. The minimum atomic E-state index is -0.457. The minimum absolute atomic E-state index is 0.0622. The lowest BCUT2D eigenvalue weighted by Gasteiger charge is -2.55. The van der Waals surface area contributed by atoms with Gasteiger partial charge in [0.15, 0.2) is 0 Å². The third-order valence-electron chi connectivity index (χ3n) is 5.42. The standard InChI is InChI=1S/C15H27NO3/c1-12(2)15(17)10-16(11-15)13-3-6-19-14(9-13)4-7-18-8-5-14/h12-13,17H,3-11H2,1-2H3. The van der Waals surface area contributed by atoms with Crippen LogP contribution in [-0.4, -0.2) is 60.2 Å². The van der Waals surface area contributed by atoms with Gasteiger partial charge < -0.3 is 14.6 Å². The van der Waals surface area contributed by atoms with Crippen molar-refractivity contribution in [2.24, 2.45) is 5.92 Å². The molecular weight excluding hydrogens is 242 g/mol. The molecule has 0 radical (unpaired) electrons. The SMILES string of the molecule is CC(C)C1(O)CN(C2CCOC3(CCOCC3)C2)C1. The molecule has 110 valence electrons. The molecule has 0 bridgehead atoms. The zero-order chi connectivity index (χ0) is 13.5. The lowest BCUT2D eigenvalue weighted by molar-refractivity contribution is -0.189. The van der Waals surface area contributed by atoms with Crippen molar-refractivity contribution in [2.45, 2.75) is 56.8 Å². The molecule has 0 aromatic heterocycles. The molecule has 3 aliphatic rings. The fourth-order valence-electron chi connectivity index (χ4n) is 3.69. The normalized spacial score (nSPS) is 34.4. The molecule has 0 amide bonds. The Balaban J connectivity index is 1.58. The Morgan fingerprint density at radius 1 is 1.16 bits per heavy atom. The van der Waals surface area contributed by atoms with Crippen molar-refractivity contribution in [3.63, 3.8) is 0 Å². The van der Waals surface area contributed by atoms with Crippen LogP contribution in [0.4, 0.5) is 0 Å². The highest BCUT2D eigenvalue weighted by Gasteiger charge is 2.49. The zero-order valence-corrected chi connectivity index (χ0v) is 12.2. The summed E-state index contributed by atoms with van der Waals surface area (Å²) in [6.07, 6.45) is 4.29. The summed E-state index contributed by atoms with van der Waals surface area (Å²) >= 11 is 0. The predicted octanol–water partition coefficient (Wildman–Crippen LogP) is 1.42. The molecule has 3 aliphatic heterocycles. The van der Waals surface area contributed by atoms with E-state index in [9.17, 15) is 5.11 Å². The summed E-state index contributed by atoms with van der Waals surface area (Å²) in [5, 5.41) is 10.4. The van der Waals surface area contributed by atoms with Crippen molar-refractivity contribution in [3.05, 3.63) is 0 Å². The lowest BCUT2D eigenvalue weighted by Crippen LogP contribution is -2.68. The van der Waals surface area contributed by atoms with Gasteiger partial charge in [-0.3, -0.25) is 4.90 Å². The minimum Gasteiger partial charge on any atom is -0.387 e. The molecule has 19 heavy (non-hydrogen) atoms. The third kappa shape index (κ3) is 2.56. The molecule has 1 spiro atoms.